The smallest absolute Gasteiger partial charge is 0.334 e. The van der Waals surface area contributed by atoms with Crippen molar-refractivity contribution in [1.29, 1.82) is 0 Å². The van der Waals surface area contributed by atoms with Crippen molar-refractivity contribution in [3.8, 4) is 22.8 Å². The normalized spacial score (nSPS) is 11.5. The molecule has 0 radical (unpaired) electrons. The lowest BCUT2D eigenvalue weighted by atomic mass is 10.1. The van der Waals surface area contributed by atoms with Crippen molar-refractivity contribution in [1.82, 2.24) is 10.1 Å². The predicted octanol–water partition coefficient (Wildman–Crippen LogP) is 4.33. The Bertz CT molecular complexity index is 889. The molecule has 1 heterocycles. The van der Waals surface area contributed by atoms with E-state index in [0.717, 1.165) is 12.1 Å². The second-order valence-electron chi connectivity index (χ2n) is 4.81. The maximum absolute atomic E-state index is 12.7. The van der Waals surface area contributed by atoms with E-state index in [1.807, 2.05) is 0 Å². The second kappa shape index (κ2) is 5.76. The minimum Gasteiger partial charge on any atom is -0.334 e. The first-order valence-corrected chi connectivity index (χ1v) is 6.61. The molecule has 0 amide bonds. The lowest BCUT2D eigenvalue weighted by Crippen LogP contribution is -2.04. The highest BCUT2D eigenvalue weighted by Gasteiger charge is 2.30. The predicted molar refractivity (Wildman–Crippen MR) is 76.8 cm³/mol. The molecule has 6 nitrogen and oxygen atoms in total. The molecular formula is C15H8F3N3O3. The van der Waals surface area contributed by atoms with Crippen LogP contribution in [0, 0.1) is 10.1 Å². The van der Waals surface area contributed by atoms with E-state index in [2.05, 4.69) is 10.1 Å². The molecule has 1 aromatic heterocycles. The van der Waals surface area contributed by atoms with Crippen LogP contribution in [0.25, 0.3) is 22.8 Å². The molecule has 0 aliphatic rings. The van der Waals surface area contributed by atoms with Gasteiger partial charge in [-0.3, -0.25) is 10.1 Å². The zero-order valence-corrected chi connectivity index (χ0v) is 11.8. The molecule has 3 aromatic rings. The van der Waals surface area contributed by atoms with E-state index in [-0.39, 0.29) is 23.0 Å². The van der Waals surface area contributed by atoms with Crippen molar-refractivity contribution in [3.63, 3.8) is 0 Å². The van der Waals surface area contributed by atoms with Crippen LogP contribution in [0.3, 0.4) is 0 Å². The molecule has 2 aromatic carbocycles. The highest BCUT2D eigenvalue weighted by molar-refractivity contribution is 5.61. The number of nitro groups is 1. The lowest BCUT2D eigenvalue weighted by Gasteiger charge is -2.06. The summed E-state index contributed by atoms with van der Waals surface area (Å²) < 4.78 is 43.2. The summed E-state index contributed by atoms with van der Waals surface area (Å²) in [6.45, 7) is 0. The number of hydrogen-bond donors (Lipinski definition) is 0. The van der Waals surface area contributed by atoms with Crippen LogP contribution in [0.2, 0.25) is 0 Å². The molecule has 0 unspecified atom stereocenters. The van der Waals surface area contributed by atoms with Gasteiger partial charge in [-0.25, -0.2) is 0 Å². The summed E-state index contributed by atoms with van der Waals surface area (Å²) >= 11 is 0. The van der Waals surface area contributed by atoms with Crippen molar-refractivity contribution in [2.45, 2.75) is 6.18 Å². The number of benzene rings is 2. The van der Waals surface area contributed by atoms with E-state index in [0.29, 0.717) is 5.56 Å². The molecule has 9 heteroatoms. The molecule has 0 saturated carbocycles. The highest BCUT2D eigenvalue weighted by Crippen LogP contribution is 2.32. The van der Waals surface area contributed by atoms with Gasteiger partial charge in [0.05, 0.1) is 10.5 Å². The second-order valence-corrected chi connectivity index (χ2v) is 4.81. The van der Waals surface area contributed by atoms with Crippen molar-refractivity contribution in [3.05, 3.63) is 64.2 Å². The van der Waals surface area contributed by atoms with Gasteiger partial charge in [-0.2, -0.15) is 18.2 Å². The van der Waals surface area contributed by atoms with E-state index in [1.54, 1.807) is 0 Å². The van der Waals surface area contributed by atoms with Gasteiger partial charge in [0.1, 0.15) is 0 Å². The Balaban J connectivity index is 1.92. The average Bonchev–Trinajstić information content (AvgIpc) is 3.04. The molecule has 0 bridgehead atoms. The van der Waals surface area contributed by atoms with Crippen molar-refractivity contribution < 1.29 is 22.6 Å². The van der Waals surface area contributed by atoms with E-state index < -0.39 is 16.7 Å². The number of rotatable bonds is 3. The maximum atomic E-state index is 12.7. The highest BCUT2D eigenvalue weighted by atomic mass is 19.4. The molecule has 0 aliphatic carbocycles. The quantitative estimate of drug-likeness (QED) is 0.525. The number of nitrogens with zero attached hydrogens (tertiary/aromatic N) is 3. The van der Waals surface area contributed by atoms with Crippen LogP contribution in [0.4, 0.5) is 18.9 Å². The Morgan fingerprint density at radius 1 is 1.04 bits per heavy atom. The van der Waals surface area contributed by atoms with Crippen LogP contribution in [0.15, 0.2) is 53.1 Å². The van der Waals surface area contributed by atoms with Crippen LogP contribution in [0.5, 0.6) is 0 Å². The van der Waals surface area contributed by atoms with Crippen LogP contribution >= 0.6 is 0 Å². The zero-order chi connectivity index (χ0) is 17.3. The summed E-state index contributed by atoms with van der Waals surface area (Å²) in [6, 6.07) is 9.92. The minimum atomic E-state index is -4.47. The molecular weight excluding hydrogens is 327 g/mol. The first-order chi connectivity index (χ1) is 11.3. The van der Waals surface area contributed by atoms with Gasteiger partial charge in [0.25, 0.3) is 11.6 Å². The van der Waals surface area contributed by atoms with Crippen LogP contribution in [-0.4, -0.2) is 15.1 Å². The molecule has 24 heavy (non-hydrogen) atoms. The number of non-ortho nitro benzene ring substituents is 1. The molecule has 0 fully saturated rings. The van der Waals surface area contributed by atoms with E-state index in [4.69, 9.17) is 4.52 Å². The summed E-state index contributed by atoms with van der Waals surface area (Å²) in [7, 11) is 0. The monoisotopic (exact) mass is 335 g/mol. The Hall–Kier alpha value is -3.23. The standard InChI is InChI=1S/C15H8F3N3O3/c16-15(17,18)11-3-1-2-10(8-11)14-19-13(20-24-14)9-4-6-12(7-5-9)21(22)23/h1-8H. The molecule has 0 atom stereocenters. The fourth-order valence-corrected chi connectivity index (χ4v) is 2.02. The van der Waals surface area contributed by atoms with Gasteiger partial charge < -0.3 is 4.52 Å². The van der Waals surface area contributed by atoms with Crippen molar-refractivity contribution in [2.24, 2.45) is 0 Å². The van der Waals surface area contributed by atoms with Gasteiger partial charge in [0.2, 0.25) is 5.82 Å². The Morgan fingerprint density at radius 3 is 2.38 bits per heavy atom. The number of hydrogen-bond acceptors (Lipinski definition) is 5. The minimum absolute atomic E-state index is 0.0746. The number of aromatic nitrogens is 2. The van der Waals surface area contributed by atoms with E-state index in [1.165, 1.54) is 36.4 Å². The largest absolute Gasteiger partial charge is 0.416 e. The Kier molecular flexibility index (Phi) is 3.76. The van der Waals surface area contributed by atoms with Crippen molar-refractivity contribution in [2.75, 3.05) is 0 Å². The fourth-order valence-electron chi connectivity index (χ4n) is 2.02. The zero-order valence-electron chi connectivity index (χ0n) is 11.8. The average molecular weight is 335 g/mol. The summed E-state index contributed by atoms with van der Waals surface area (Å²) in [5.41, 5.74) is -0.344. The first kappa shape index (κ1) is 15.7. The Labute approximate surface area is 132 Å². The summed E-state index contributed by atoms with van der Waals surface area (Å²) in [5, 5.41) is 14.3. The molecule has 0 saturated heterocycles. The van der Waals surface area contributed by atoms with Gasteiger partial charge in [-0.1, -0.05) is 11.2 Å². The lowest BCUT2D eigenvalue weighted by molar-refractivity contribution is -0.384. The fraction of sp³-hybridized carbons (Fsp3) is 0.0667. The Morgan fingerprint density at radius 2 is 1.75 bits per heavy atom. The van der Waals surface area contributed by atoms with Crippen LogP contribution < -0.4 is 0 Å². The third-order valence-corrected chi connectivity index (χ3v) is 3.20. The maximum Gasteiger partial charge on any atom is 0.416 e. The molecule has 0 spiro atoms. The first-order valence-electron chi connectivity index (χ1n) is 6.61. The molecule has 0 aliphatic heterocycles. The van der Waals surface area contributed by atoms with Gasteiger partial charge in [-0.15, -0.1) is 0 Å². The van der Waals surface area contributed by atoms with Gasteiger partial charge in [-0.05, 0) is 30.3 Å². The van der Waals surface area contributed by atoms with E-state index >= 15 is 0 Å². The van der Waals surface area contributed by atoms with Crippen LogP contribution in [0.1, 0.15) is 5.56 Å². The molecule has 0 N–H and O–H groups in total. The topological polar surface area (TPSA) is 82.1 Å². The van der Waals surface area contributed by atoms with Gasteiger partial charge in [0.15, 0.2) is 0 Å². The number of halogens is 3. The SMILES string of the molecule is O=[N+]([O-])c1ccc(-c2noc(-c3cccc(C(F)(F)F)c3)n2)cc1. The number of nitro benzene ring substituents is 1. The third-order valence-electron chi connectivity index (χ3n) is 3.20. The van der Waals surface area contributed by atoms with Gasteiger partial charge >= 0.3 is 6.18 Å². The van der Waals surface area contributed by atoms with Crippen molar-refractivity contribution >= 4 is 5.69 Å². The summed E-state index contributed by atoms with van der Waals surface area (Å²) in [6.07, 6.45) is -4.47. The summed E-state index contributed by atoms with van der Waals surface area (Å²) in [5.74, 6) is 0.0479. The third kappa shape index (κ3) is 3.09. The number of alkyl halides is 3. The van der Waals surface area contributed by atoms with Gasteiger partial charge in [0, 0.05) is 23.3 Å². The summed E-state index contributed by atoms with van der Waals surface area (Å²) in [4.78, 5) is 14.1. The molecule has 3 rings (SSSR count). The van der Waals surface area contributed by atoms with Crippen LogP contribution in [-0.2, 0) is 6.18 Å². The van der Waals surface area contributed by atoms with E-state index in [9.17, 15) is 23.3 Å². The molecule has 122 valence electrons.